The van der Waals surface area contributed by atoms with E-state index in [4.69, 9.17) is 9.26 Å². The maximum atomic E-state index is 12.3. The molecule has 0 saturated heterocycles. The molecule has 0 saturated carbocycles. The average molecular weight is 374 g/mol. The normalized spacial score (nSPS) is 13.8. The number of aliphatic imine (C=N–C) groups is 1. The van der Waals surface area contributed by atoms with Crippen LogP contribution in [-0.4, -0.2) is 30.9 Å². The second-order valence-electron chi connectivity index (χ2n) is 5.83. The van der Waals surface area contributed by atoms with Gasteiger partial charge in [0.2, 0.25) is 0 Å². The van der Waals surface area contributed by atoms with E-state index in [2.05, 4.69) is 14.9 Å². The predicted molar refractivity (Wildman–Crippen MR) is 93.1 cm³/mol. The molecule has 1 aromatic heterocycles. The van der Waals surface area contributed by atoms with Crippen LogP contribution >= 0.6 is 0 Å². The zero-order valence-corrected chi connectivity index (χ0v) is 13.9. The zero-order chi connectivity index (χ0) is 18.9. The molecule has 3 aromatic rings. The van der Waals surface area contributed by atoms with Crippen molar-refractivity contribution in [2.75, 3.05) is 13.2 Å². The molecule has 0 radical (unpaired) electrons. The van der Waals surface area contributed by atoms with Gasteiger partial charge in [-0.2, -0.15) is 0 Å². The van der Waals surface area contributed by atoms with Gasteiger partial charge >= 0.3 is 6.36 Å². The maximum Gasteiger partial charge on any atom is 0.573 e. The van der Waals surface area contributed by atoms with Crippen molar-refractivity contribution in [3.05, 3.63) is 54.1 Å². The Bertz CT molecular complexity index is 1020. The van der Waals surface area contributed by atoms with Crippen LogP contribution in [0.2, 0.25) is 0 Å². The molecule has 0 bridgehead atoms. The Balaban J connectivity index is 1.57. The maximum absolute atomic E-state index is 12.3. The van der Waals surface area contributed by atoms with E-state index in [0.717, 1.165) is 16.7 Å². The van der Waals surface area contributed by atoms with Gasteiger partial charge in [-0.3, -0.25) is 4.99 Å². The second kappa shape index (κ2) is 6.79. The topological polar surface area (TPSA) is 56.9 Å². The smallest absolute Gasteiger partial charge is 0.470 e. The van der Waals surface area contributed by atoms with Crippen LogP contribution in [0.25, 0.3) is 22.1 Å². The molecule has 0 unspecified atom stereocenters. The number of halogens is 3. The molecule has 0 fully saturated rings. The van der Waals surface area contributed by atoms with E-state index in [9.17, 15) is 13.2 Å². The highest BCUT2D eigenvalue weighted by Gasteiger charge is 2.30. The molecule has 0 N–H and O–H groups in total. The molecular weight excluding hydrogens is 361 g/mol. The number of hydrogen-bond acceptors (Lipinski definition) is 5. The molecule has 0 atom stereocenters. The molecule has 0 spiro atoms. The minimum absolute atomic E-state index is 0.271. The van der Waals surface area contributed by atoms with Gasteiger partial charge in [-0.15, -0.1) is 13.2 Å². The zero-order valence-electron chi connectivity index (χ0n) is 13.9. The third-order valence-corrected chi connectivity index (χ3v) is 3.95. The van der Waals surface area contributed by atoms with Gasteiger partial charge in [0, 0.05) is 11.8 Å². The first-order valence-electron chi connectivity index (χ1n) is 8.05. The summed E-state index contributed by atoms with van der Waals surface area (Å²) in [5.41, 5.74) is 3.03. The molecular formula is C19H13F3N2O3. The van der Waals surface area contributed by atoms with Crippen LogP contribution in [0.4, 0.5) is 13.2 Å². The second-order valence-corrected chi connectivity index (χ2v) is 5.83. The molecule has 2 aromatic carbocycles. The third-order valence-electron chi connectivity index (χ3n) is 3.95. The van der Waals surface area contributed by atoms with Gasteiger partial charge in [0.05, 0.1) is 11.9 Å². The number of nitrogens with zero attached hydrogens (tertiary/aromatic N) is 2. The molecule has 1 aliphatic heterocycles. The Morgan fingerprint density at radius 1 is 1.04 bits per heavy atom. The highest BCUT2D eigenvalue weighted by Crippen LogP contribution is 2.32. The fourth-order valence-corrected chi connectivity index (χ4v) is 2.69. The van der Waals surface area contributed by atoms with E-state index in [1.165, 1.54) is 12.1 Å². The summed E-state index contributed by atoms with van der Waals surface area (Å²) in [5.74, 6) is 0.0814. The Morgan fingerprint density at radius 3 is 2.52 bits per heavy atom. The molecule has 138 valence electrons. The van der Waals surface area contributed by atoms with Crippen molar-refractivity contribution in [2.45, 2.75) is 6.36 Å². The quantitative estimate of drug-likeness (QED) is 0.645. The fraction of sp³-hybridized carbons (Fsp3) is 0.158. The van der Waals surface area contributed by atoms with Crippen molar-refractivity contribution >= 4 is 17.2 Å². The van der Waals surface area contributed by atoms with Crippen LogP contribution < -0.4 is 9.47 Å². The molecule has 1 aliphatic rings. The molecule has 2 heterocycles. The number of hydrogen-bond donors (Lipinski definition) is 0. The summed E-state index contributed by atoms with van der Waals surface area (Å²) in [4.78, 5) is 4.09. The summed E-state index contributed by atoms with van der Waals surface area (Å²) >= 11 is 0. The van der Waals surface area contributed by atoms with Crippen molar-refractivity contribution in [1.29, 1.82) is 0 Å². The van der Waals surface area contributed by atoms with Crippen LogP contribution in [0.3, 0.4) is 0 Å². The van der Waals surface area contributed by atoms with Gasteiger partial charge in [-0.25, -0.2) is 0 Å². The number of rotatable bonds is 5. The summed E-state index contributed by atoms with van der Waals surface area (Å²) < 4.78 is 51.6. The standard InChI is InChI=1S/C19H13F3N2O3/c20-19(21,22)26-15-4-1-13(2-5-15)14-3-6-17-16(9-14)18(24-27-17)25-11-12-7-8-23-10-12/h1-7,9-10H,8,11H2. The number of alkyl halides is 3. The van der Waals surface area contributed by atoms with E-state index >= 15 is 0 Å². The molecule has 5 nitrogen and oxygen atoms in total. The summed E-state index contributed by atoms with van der Waals surface area (Å²) in [5, 5.41) is 4.61. The van der Waals surface area contributed by atoms with Crippen molar-refractivity contribution in [1.82, 2.24) is 5.16 Å². The first-order valence-corrected chi connectivity index (χ1v) is 8.05. The Hall–Kier alpha value is -3.29. The number of aromatic nitrogens is 1. The predicted octanol–water partition coefficient (Wildman–Crippen LogP) is 4.78. The van der Waals surface area contributed by atoms with E-state index in [-0.39, 0.29) is 5.75 Å². The fourth-order valence-electron chi connectivity index (χ4n) is 2.69. The number of benzene rings is 2. The van der Waals surface area contributed by atoms with Gasteiger partial charge < -0.3 is 14.0 Å². The Morgan fingerprint density at radius 2 is 1.81 bits per heavy atom. The summed E-state index contributed by atoms with van der Waals surface area (Å²) in [7, 11) is 0. The van der Waals surface area contributed by atoms with E-state index in [0.29, 0.717) is 30.0 Å². The highest BCUT2D eigenvalue weighted by atomic mass is 19.4. The molecule has 27 heavy (non-hydrogen) atoms. The lowest BCUT2D eigenvalue weighted by atomic mass is 10.0. The largest absolute Gasteiger partial charge is 0.573 e. The lowest BCUT2D eigenvalue weighted by Gasteiger charge is -2.09. The van der Waals surface area contributed by atoms with E-state index in [1.54, 1.807) is 30.5 Å². The lowest BCUT2D eigenvalue weighted by Crippen LogP contribution is -2.16. The first-order chi connectivity index (χ1) is 13.0. The Kier molecular flexibility index (Phi) is 4.31. The van der Waals surface area contributed by atoms with Crippen LogP contribution in [0, 0.1) is 0 Å². The number of ether oxygens (including phenoxy) is 2. The van der Waals surface area contributed by atoms with Crippen LogP contribution in [0.15, 0.2) is 63.6 Å². The van der Waals surface area contributed by atoms with Crippen LogP contribution in [0.1, 0.15) is 0 Å². The SMILES string of the molecule is FC(F)(F)Oc1ccc(-c2ccc3onc(OCC4=CCN=C4)c3c2)cc1. The average Bonchev–Trinajstić information content (AvgIpc) is 3.28. The first kappa shape index (κ1) is 17.1. The summed E-state index contributed by atoms with van der Waals surface area (Å²) in [6.07, 6.45) is -1.01. The van der Waals surface area contributed by atoms with Crippen LogP contribution in [0.5, 0.6) is 11.6 Å². The lowest BCUT2D eigenvalue weighted by molar-refractivity contribution is -0.274. The summed E-state index contributed by atoms with van der Waals surface area (Å²) in [6.45, 7) is 0.981. The van der Waals surface area contributed by atoms with Crippen molar-refractivity contribution in [3.63, 3.8) is 0 Å². The Labute approximate surface area is 151 Å². The highest BCUT2D eigenvalue weighted by molar-refractivity contribution is 5.87. The van der Waals surface area contributed by atoms with Crippen molar-refractivity contribution < 1.29 is 27.2 Å². The van der Waals surface area contributed by atoms with Gasteiger partial charge in [0.25, 0.3) is 5.88 Å². The molecule has 8 heteroatoms. The minimum Gasteiger partial charge on any atom is -0.470 e. The van der Waals surface area contributed by atoms with E-state index < -0.39 is 6.36 Å². The molecule has 0 amide bonds. The summed E-state index contributed by atoms with van der Waals surface area (Å²) in [6, 6.07) is 11.0. The van der Waals surface area contributed by atoms with E-state index in [1.807, 2.05) is 12.1 Å². The third kappa shape index (κ3) is 3.94. The van der Waals surface area contributed by atoms with Gasteiger partial charge in [0.1, 0.15) is 12.4 Å². The van der Waals surface area contributed by atoms with Gasteiger partial charge in [-0.1, -0.05) is 24.3 Å². The van der Waals surface area contributed by atoms with Gasteiger partial charge in [0.15, 0.2) is 5.58 Å². The number of fused-ring (bicyclic) bond motifs is 1. The van der Waals surface area contributed by atoms with Crippen molar-refractivity contribution in [3.8, 4) is 22.8 Å². The minimum atomic E-state index is -4.71. The van der Waals surface area contributed by atoms with Gasteiger partial charge in [-0.05, 0) is 40.5 Å². The van der Waals surface area contributed by atoms with Crippen molar-refractivity contribution in [2.24, 2.45) is 4.99 Å². The van der Waals surface area contributed by atoms with Crippen LogP contribution in [-0.2, 0) is 0 Å². The molecule has 0 aliphatic carbocycles. The monoisotopic (exact) mass is 374 g/mol. The molecule has 4 rings (SSSR count).